The van der Waals surface area contributed by atoms with Gasteiger partial charge in [-0.05, 0) is 67.9 Å². The van der Waals surface area contributed by atoms with Crippen LogP contribution in [-0.4, -0.2) is 34.1 Å². The average Bonchev–Trinajstić information content (AvgIpc) is 2.85. The fourth-order valence-corrected chi connectivity index (χ4v) is 4.43. The molecule has 1 N–H and O–H groups in total. The number of ether oxygens (including phenoxy) is 1. The zero-order valence-electron chi connectivity index (χ0n) is 19.9. The summed E-state index contributed by atoms with van der Waals surface area (Å²) in [7, 11) is 1.71. The van der Waals surface area contributed by atoms with Gasteiger partial charge in [-0.1, -0.05) is 41.1 Å². The molecule has 0 aliphatic carbocycles. The lowest BCUT2D eigenvalue weighted by Gasteiger charge is -2.29. The van der Waals surface area contributed by atoms with Gasteiger partial charge in [-0.15, -0.1) is 0 Å². The molecule has 180 valence electrons. The molecule has 0 aliphatic rings. The standard InChI is InChI=1S/C27H27BrN4O3/c1-4-24(31(3)27(34)29-19-10-8-9-18(28)17-19)25-30-23-12-7-6-11-22(23)26(33)32(25)20-13-15-21(16-14-20)35-5-2/h6-17,24H,4-5H2,1-3H3,(H,29,34). The van der Waals surface area contributed by atoms with Gasteiger partial charge in [-0.2, -0.15) is 0 Å². The second kappa shape index (κ2) is 10.7. The highest BCUT2D eigenvalue weighted by Crippen LogP contribution is 2.26. The molecule has 1 aromatic heterocycles. The lowest BCUT2D eigenvalue weighted by molar-refractivity contribution is 0.199. The van der Waals surface area contributed by atoms with Crippen molar-refractivity contribution < 1.29 is 9.53 Å². The molecule has 4 aromatic rings. The highest BCUT2D eigenvalue weighted by Gasteiger charge is 2.26. The van der Waals surface area contributed by atoms with E-state index in [1.165, 1.54) is 0 Å². The fraction of sp³-hybridized carbons (Fsp3) is 0.222. The molecular formula is C27H27BrN4O3. The zero-order valence-corrected chi connectivity index (χ0v) is 21.5. The second-order valence-electron chi connectivity index (χ2n) is 8.03. The Balaban J connectivity index is 1.80. The van der Waals surface area contributed by atoms with E-state index in [4.69, 9.17) is 9.72 Å². The van der Waals surface area contributed by atoms with Crippen molar-refractivity contribution >= 4 is 38.6 Å². The van der Waals surface area contributed by atoms with Crippen molar-refractivity contribution in [2.45, 2.75) is 26.3 Å². The second-order valence-corrected chi connectivity index (χ2v) is 8.95. The van der Waals surface area contributed by atoms with Crippen LogP contribution in [0.3, 0.4) is 0 Å². The minimum absolute atomic E-state index is 0.186. The Morgan fingerprint density at radius 2 is 1.83 bits per heavy atom. The minimum Gasteiger partial charge on any atom is -0.494 e. The molecule has 3 aromatic carbocycles. The first-order valence-electron chi connectivity index (χ1n) is 11.5. The molecular weight excluding hydrogens is 508 g/mol. The third-order valence-corrected chi connectivity index (χ3v) is 6.25. The van der Waals surface area contributed by atoms with Crippen molar-refractivity contribution in [1.82, 2.24) is 14.5 Å². The SMILES string of the molecule is CCOc1ccc(-n2c(C(CC)N(C)C(=O)Nc3cccc(Br)c3)nc3ccccc3c2=O)cc1. The van der Waals surface area contributed by atoms with E-state index in [1.807, 2.05) is 80.6 Å². The van der Waals surface area contributed by atoms with E-state index in [2.05, 4.69) is 21.2 Å². The number of nitrogens with zero attached hydrogens (tertiary/aromatic N) is 3. The van der Waals surface area contributed by atoms with Crippen LogP contribution in [0.15, 0.2) is 82.1 Å². The van der Waals surface area contributed by atoms with Crippen LogP contribution in [0.1, 0.15) is 32.1 Å². The molecule has 0 fully saturated rings. The number of fused-ring (bicyclic) bond motifs is 1. The summed E-state index contributed by atoms with van der Waals surface area (Å²) in [6.07, 6.45) is 0.560. The number of urea groups is 1. The summed E-state index contributed by atoms with van der Waals surface area (Å²) in [6, 6.07) is 21.2. The molecule has 0 spiro atoms. The maximum atomic E-state index is 13.7. The van der Waals surface area contributed by atoms with Crippen molar-refractivity contribution in [2.24, 2.45) is 0 Å². The highest BCUT2D eigenvalue weighted by molar-refractivity contribution is 9.10. The Hall–Kier alpha value is -3.65. The Morgan fingerprint density at radius 3 is 2.51 bits per heavy atom. The number of para-hydroxylation sites is 1. The molecule has 0 saturated heterocycles. The van der Waals surface area contributed by atoms with Crippen LogP contribution in [0.5, 0.6) is 5.75 Å². The molecule has 1 atom stereocenters. The van der Waals surface area contributed by atoms with E-state index in [-0.39, 0.29) is 11.6 Å². The maximum Gasteiger partial charge on any atom is 0.322 e. The van der Waals surface area contributed by atoms with Crippen LogP contribution >= 0.6 is 15.9 Å². The third-order valence-electron chi connectivity index (χ3n) is 5.76. The molecule has 0 aliphatic heterocycles. The molecule has 1 unspecified atom stereocenters. The number of aromatic nitrogens is 2. The van der Waals surface area contributed by atoms with E-state index < -0.39 is 6.04 Å². The lowest BCUT2D eigenvalue weighted by Crippen LogP contribution is -2.38. The first-order valence-corrected chi connectivity index (χ1v) is 12.3. The van der Waals surface area contributed by atoms with Crippen molar-refractivity contribution in [3.05, 3.63) is 93.4 Å². The molecule has 1 heterocycles. The number of anilines is 1. The number of carbonyl (C=O) groups is 1. The smallest absolute Gasteiger partial charge is 0.322 e. The molecule has 8 heteroatoms. The third kappa shape index (κ3) is 5.22. The van der Waals surface area contributed by atoms with Crippen molar-refractivity contribution in [3.63, 3.8) is 0 Å². The summed E-state index contributed by atoms with van der Waals surface area (Å²) >= 11 is 3.43. The number of halogens is 1. The number of rotatable bonds is 7. The number of hydrogen-bond donors (Lipinski definition) is 1. The monoisotopic (exact) mass is 534 g/mol. The van der Waals surface area contributed by atoms with Crippen LogP contribution in [0.25, 0.3) is 16.6 Å². The van der Waals surface area contributed by atoms with Gasteiger partial charge < -0.3 is 15.0 Å². The van der Waals surface area contributed by atoms with Gasteiger partial charge in [0.1, 0.15) is 11.6 Å². The van der Waals surface area contributed by atoms with E-state index in [9.17, 15) is 9.59 Å². The number of hydrogen-bond acceptors (Lipinski definition) is 4. The van der Waals surface area contributed by atoms with E-state index in [1.54, 1.807) is 22.6 Å². The summed E-state index contributed by atoms with van der Waals surface area (Å²) in [4.78, 5) is 33.3. The maximum absolute atomic E-state index is 13.7. The average molecular weight is 535 g/mol. The van der Waals surface area contributed by atoms with Crippen molar-refractivity contribution in [1.29, 1.82) is 0 Å². The van der Waals surface area contributed by atoms with Gasteiger partial charge in [0.05, 0.1) is 29.2 Å². The number of benzene rings is 3. The summed E-state index contributed by atoms with van der Waals surface area (Å²) in [5.74, 6) is 1.21. The van der Waals surface area contributed by atoms with Gasteiger partial charge in [0.25, 0.3) is 5.56 Å². The summed E-state index contributed by atoms with van der Waals surface area (Å²) in [6.45, 7) is 4.44. The van der Waals surface area contributed by atoms with Gasteiger partial charge in [-0.25, -0.2) is 9.78 Å². The quantitative estimate of drug-likeness (QED) is 0.308. The first-order chi connectivity index (χ1) is 16.9. The molecule has 2 amide bonds. The van der Waals surface area contributed by atoms with Crippen molar-refractivity contribution in [2.75, 3.05) is 19.0 Å². The molecule has 0 saturated carbocycles. The van der Waals surface area contributed by atoms with Gasteiger partial charge in [-0.3, -0.25) is 9.36 Å². The van der Waals surface area contributed by atoms with Crippen LogP contribution in [0.2, 0.25) is 0 Å². The largest absolute Gasteiger partial charge is 0.494 e. The lowest BCUT2D eigenvalue weighted by atomic mass is 10.1. The number of carbonyl (C=O) groups excluding carboxylic acids is 1. The minimum atomic E-state index is -0.453. The van der Waals surface area contributed by atoms with Gasteiger partial charge in [0.15, 0.2) is 0 Å². The van der Waals surface area contributed by atoms with Crippen LogP contribution in [0.4, 0.5) is 10.5 Å². The Morgan fingerprint density at radius 1 is 1.09 bits per heavy atom. The van der Waals surface area contributed by atoms with Gasteiger partial charge >= 0.3 is 6.03 Å². The highest BCUT2D eigenvalue weighted by atomic mass is 79.9. The molecule has 7 nitrogen and oxygen atoms in total. The van der Waals surface area contributed by atoms with Crippen LogP contribution in [-0.2, 0) is 0 Å². The van der Waals surface area contributed by atoms with E-state index in [0.717, 1.165) is 10.2 Å². The number of amides is 2. The Labute approximate surface area is 212 Å². The van der Waals surface area contributed by atoms with Crippen molar-refractivity contribution in [3.8, 4) is 11.4 Å². The summed E-state index contributed by atoms with van der Waals surface area (Å²) in [5.41, 5.74) is 1.73. The summed E-state index contributed by atoms with van der Waals surface area (Å²) < 4.78 is 8.02. The predicted octanol–water partition coefficient (Wildman–Crippen LogP) is 6.16. The van der Waals surface area contributed by atoms with E-state index in [0.29, 0.717) is 41.1 Å². The van der Waals surface area contributed by atoms with Gasteiger partial charge in [0, 0.05) is 17.2 Å². The van der Waals surface area contributed by atoms with Crippen LogP contribution in [0, 0.1) is 0 Å². The van der Waals surface area contributed by atoms with E-state index >= 15 is 0 Å². The molecule has 35 heavy (non-hydrogen) atoms. The van der Waals surface area contributed by atoms with Crippen LogP contribution < -0.4 is 15.6 Å². The molecule has 4 rings (SSSR count). The van der Waals surface area contributed by atoms with Gasteiger partial charge in [0.2, 0.25) is 0 Å². The summed E-state index contributed by atoms with van der Waals surface area (Å²) in [5, 5.41) is 3.44. The Kier molecular flexibility index (Phi) is 7.51. The first kappa shape index (κ1) is 24.5. The normalized spacial score (nSPS) is 11.8. The predicted molar refractivity (Wildman–Crippen MR) is 142 cm³/mol. The number of nitrogens with one attached hydrogen (secondary N) is 1. The Bertz CT molecular complexity index is 1400. The molecule has 0 bridgehead atoms. The zero-order chi connectivity index (χ0) is 24.9. The molecule has 0 radical (unpaired) electrons. The topological polar surface area (TPSA) is 76.5 Å². The fourth-order valence-electron chi connectivity index (χ4n) is 4.03.